The molecule has 1 aliphatic heterocycles. The van der Waals surface area contributed by atoms with Crippen LogP contribution in [0.25, 0.3) is 11.3 Å². The van der Waals surface area contributed by atoms with Crippen LogP contribution < -0.4 is 15.1 Å². The van der Waals surface area contributed by atoms with Crippen LogP contribution in [0, 0.1) is 0 Å². The fraction of sp³-hybridized carbons (Fsp3) is 0.409. The summed E-state index contributed by atoms with van der Waals surface area (Å²) < 4.78 is 1.59. The van der Waals surface area contributed by atoms with E-state index in [2.05, 4.69) is 30.3 Å². The first-order valence-electron chi connectivity index (χ1n) is 10.6. The van der Waals surface area contributed by atoms with Gasteiger partial charge in [0.1, 0.15) is 5.69 Å². The second-order valence-electron chi connectivity index (χ2n) is 7.88. The Morgan fingerprint density at radius 1 is 1.06 bits per heavy atom. The molecule has 1 amide bonds. The molecule has 162 valence electrons. The summed E-state index contributed by atoms with van der Waals surface area (Å²) >= 11 is 0. The lowest BCUT2D eigenvalue weighted by molar-refractivity contribution is 0.0940. The van der Waals surface area contributed by atoms with Gasteiger partial charge in [0.15, 0.2) is 5.82 Å². The molecule has 1 fully saturated rings. The van der Waals surface area contributed by atoms with Gasteiger partial charge >= 0.3 is 0 Å². The maximum Gasteiger partial charge on any atom is 0.269 e. The van der Waals surface area contributed by atoms with Crippen LogP contribution in [-0.2, 0) is 13.6 Å². The van der Waals surface area contributed by atoms with E-state index in [1.165, 1.54) is 6.42 Å². The van der Waals surface area contributed by atoms with Crippen molar-refractivity contribution < 1.29 is 4.79 Å². The predicted octanol–water partition coefficient (Wildman–Crippen LogP) is 2.26. The Bertz CT molecular complexity index is 1040. The van der Waals surface area contributed by atoms with Crippen molar-refractivity contribution in [3.8, 4) is 11.3 Å². The largest absolute Gasteiger partial charge is 0.347 e. The Morgan fingerprint density at radius 3 is 2.52 bits per heavy atom. The van der Waals surface area contributed by atoms with Crippen molar-refractivity contribution >= 4 is 17.8 Å². The molecule has 31 heavy (non-hydrogen) atoms. The maximum atomic E-state index is 12.8. The number of carbonyl (C=O) groups is 1. The first-order valence-corrected chi connectivity index (χ1v) is 10.6. The van der Waals surface area contributed by atoms with E-state index in [9.17, 15) is 4.79 Å². The van der Waals surface area contributed by atoms with Gasteiger partial charge in [0, 0.05) is 39.8 Å². The molecule has 1 N–H and O–H groups in total. The first-order chi connectivity index (χ1) is 15.0. The van der Waals surface area contributed by atoms with E-state index in [0.717, 1.165) is 37.2 Å². The molecule has 9 heteroatoms. The van der Waals surface area contributed by atoms with Gasteiger partial charge in [0.2, 0.25) is 11.9 Å². The lowest BCUT2D eigenvalue weighted by Gasteiger charge is -2.27. The third-order valence-corrected chi connectivity index (χ3v) is 5.29. The molecule has 2 aromatic heterocycles. The van der Waals surface area contributed by atoms with Crippen LogP contribution in [0.2, 0.25) is 0 Å². The molecule has 4 rings (SSSR count). The quantitative estimate of drug-likeness (QED) is 0.654. The topological polar surface area (TPSA) is 92.1 Å². The average molecular weight is 421 g/mol. The highest BCUT2D eigenvalue weighted by atomic mass is 16.2. The van der Waals surface area contributed by atoms with Crippen LogP contribution in [0.5, 0.6) is 0 Å². The second-order valence-corrected chi connectivity index (χ2v) is 7.88. The number of nitrogens with one attached hydrogen (secondary N) is 1. The molecular formula is C22H28N8O. The zero-order chi connectivity index (χ0) is 21.8. The summed E-state index contributed by atoms with van der Waals surface area (Å²) in [6.07, 6.45) is 3.51. The van der Waals surface area contributed by atoms with Crippen molar-refractivity contribution in [3.05, 3.63) is 47.9 Å². The highest BCUT2D eigenvalue weighted by Crippen LogP contribution is 2.19. The smallest absolute Gasteiger partial charge is 0.269 e. The zero-order valence-electron chi connectivity index (χ0n) is 18.2. The molecule has 0 unspecified atom stereocenters. The van der Waals surface area contributed by atoms with E-state index in [1.807, 2.05) is 49.3 Å². The van der Waals surface area contributed by atoms with E-state index < -0.39 is 0 Å². The molecule has 0 bridgehead atoms. The molecule has 1 aliphatic rings. The number of carbonyl (C=O) groups excluding carboxylic acids is 1. The first kappa shape index (κ1) is 20.8. The molecule has 0 saturated carbocycles. The molecular weight excluding hydrogens is 392 g/mol. The molecule has 0 aliphatic carbocycles. The van der Waals surface area contributed by atoms with Gasteiger partial charge < -0.3 is 15.1 Å². The van der Waals surface area contributed by atoms with Gasteiger partial charge in [-0.25, -0.2) is 0 Å². The lowest BCUT2D eigenvalue weighted by Crippen LogP contribution is -2.33. The summed E-state index contributed by atoms with van der Waals surface area (Å²) in [7, 11) is 5.57. The lowest BCUT2D eigenvalue weighted by atomic mass is 10.1. The summed E-state index contributed by atoms with van der Waals surface area (Å²) in [4.78, 5) is 30.6. The van der Waals surface area contributed by atoms with Crippen molar-refractivity contribution in [2.75, 3.05) is 37.0 Å². The zero-order valence-corrected chi connectivity index (χ0v) is 18.2. The Labute approximate surface area is 182 Å². The van der Waals surface area contributed by atoms with Crippen LogP contribution in [0.1, 0.15) is 35.6 Å². The Balaban J connectivity index is 1.50. The number of rotatable bonds is 6. The van der Waals surface area contributed by atoms with E-state index in [0.29, 0.717) is 23.4 Å². The summed E-state index contributed by atoms with van der Waals surface area (Å²) in [5.41, 5.74) is 2.21. The SMILES string of the molecule is CN(C)c1nc(CNC(=O)c2cc(-c3ccccc3)nn2C)nc(N2CCCCC2)n1. The summed E-state index contributed by atoms with van der Waals surface area (Å²) in [6, 6.07) is 11.6. The van der Waals surface area contributed by atoms with Crippen molar-refractivity contribution in [2.24, 2.45) is 7.05 Å². The Hall–Kier alpha value is -3.49. The third-order valence-electron chi connectivity index (χ3n) is 5.29. The van der Waals surface area contributed by atoms with Gasteiger partial charge in [0.05, 0.1) is 12.2 Å². The van der Waals surface area contributed by atoms with Crippen molar-refractivity contribution in [2.45, 2.75) is 25.8 Å². The van der Waals surface area contributed by atoms with Crippen molar-refractivity contribution in [1.82, 2.24) is 30.0 Å². The highest BCUT2D eigenvalue weighted by molar-refractivity contribution is 5.93. The molecule has 0 radical (unpaired) electrons. The Kier molecular flexibility index (Phi) is 6.11. The summed E-state index contributed by atoms with van der Waals surface area (Å²) in [5, 5.41) is 7.40. The number of hydrogen-bond donors (Lipinski definition) is 1. The number of aromatic nitrogens is 5. The monoisotopic (exact) mass is 420 g/mol. The average Bonchev–Trinajstić information content (AvgIpc) is 3.20. The van der Waals surface area contributed by atoms with Crippen LogP contribution in [0.15, 0.2) is 36.4 Å². The van der Waals surface area contributed by atoms with Crippen LogP contribution in [0.3, 0.4) is 0 Å². The molecule has 3 heterocycles. The van der Waals surface area contributed by atoms with Crippen molar-refractivity contribution in [3.63, 3.8) is 0 Å². The van der Waals surface area contributed by atoms with Crippen molar-refractivity contribution in [1.29, 1.82) is 0 Å². The van der Waals surface area contributed by atoms with E-state index in [4.69, 9.17) is 0 Å². The second kappa shape index (κ2) is 9.11. The van der Waals surface area contributed by atoms with E-state index in [1.54, 1.807) is 17.8 Å². The fourth-order valence-corrected chi connectivity index (χ4v) is 3.59. The van der Waals surface area contributed by atoms with Crippen LogP contribution >= 0.6 is 0 Å². The van der Waals surface area contributed by atoms with Gasteiger partial charge in [-0.3, -0.25) is 9.48 Å². The minimum atomic E-state index is -0.219. The third kappa shape index (κ3) is 4.82. The number of benzene rings is 1. The van der Waals surface area contributed by atoms with Gasteiger partial charge in [-0.15, -0.1) is 0 Å². The number of piperidine rings is 1. The summed E-state index contributed by atoms with van der Waals surface area (Å²) in [5.74, 6) is 1.59. The van der Waals surface area contributed by atoms with E-state index in [-0.39, 0.29) is 12.5 Å². The van der Waals surface area contributed by atoms with Crippen LogP contribution in [-0.4, -0.2) is 57.8 Å². The molecule has 3 aromatic rings. The molecule has 1 saturated heterocycles. The van der Waals surface area contributed by atoms with Gasteiger partial charge in [-0.1, -0.05) is 30.3 Å². The minimum Gasteiger partial charge on any atom is -0.347 e. The molecule has 1 aromatic carbocycles. The molecule has 0 atom stereocenters. The standard InChI is InChI=1S/C22H28N8O/c1-28(2)21-24-19(25-22(26-21)30-12-8-5-9-13-30)15-23-20(31)18-14-17(27-29(18)3)16-10-6-4-7-11-16/h4,6-7,10-11,14H,5,8-9,12-13,15H2,1-3H3,(H,23,31). The normalized spacial score (nSPS) is 13.8. The number of aryl methyl sites for hydroxylation is 1. The summed E-state index contributed by atoms with van der Waals surface area (Å²) in [6.45, 7) is 2.11. The molecule has 0 spiro atoms. The van der Waals surface area contributed by atoms with Gasteiger partial charge in [0.25, 0.3) is 5.91 Å². The van der Waals surface area contributed by atoms with E-state index >= 15 is 0 Å². The van der Waals surface area contributed by atoms with Crippen LogP contribution in [0.4, 0.5) is 11.9 Å². The van der Waals surface area contributed by atoms with Gasteiger partial charge in [-0.05, 0) is 25.3 Å². The fourth-order valence-electron chi connectivity index (χ4n) is 3.59. The van der Waals surface area contributed by atoms with Gasteiger partial charge in [-0.2, -0.15) is 20.1 Å². The number of anilines is 2. The maximum absolute atomic E-state index is 12.8. The predicted molar refractivity (Wildman–Crippen MR) is 120 cm³/mol. The minimum absolute atomic E-state index is 0.217. The highest BCUT2D eigenvalue weighted by Gasteiger charge is 2.18. The Morgan fingerprint density at radius 2 is 1.81 bits per heavy atom. The number of hydrogen-bond acceptors (Lipinski definition) is 7. The number of nitrogens with zero attached hydrogens (tertiary/aromatic N) is 7. The number of amides is 1. The molecule has 9 nitrogen and oxygen atoms in total.